The van der Waals surface area contributed by atoms with Crippen molar-refractivity contribution < 1.29 is 5.21 Å². The van der Waals surface area contributed by atoms with Crippen LogP contribution in [0.15, 0.2) is 47.8 Å². The van der Waals surface area contributed by atoms with Gasteiger partial charge in [-0.15, -0.1) is 0 Å². The molecule has 2 heterocycles. The zero-order valence-corrected chi connectivity index (χ0v) is 11.2. The molecule has 1 fully saturated rings. The molecule has 2 aromatic heterocycles. The van der Waals surface area contributed by atoms with Gasteiger partial charge in [-0.25, -0.2) is 4.98 Å². The van der Waals surface area contributed by atoms with Crippen LogP contribution in [0.2, 0.25) is 0 Å². The Hall–Kier alpha value is -2.23. The lowest BCUT2D eigenvalue weighted by atomic mass is 9.98. The first-order valence-electron chi connectivity index (χ1n) is 6.99. The molecular formula is C16H17N3O. The van der Waals surface area contributed by atoms with E-state index >= 15 is 0 Å². The zero-order chi connectivity index (χ0) is 13.8. The number of hydrogen-bond acceptors (Lipinski definition) is 4. The van der Waals surface area contributed by atoms with Crippen LogP contribution < -0.4 is 0 Å². The monoisotopic (exact) mass is 267 g/mol. The molecule has 0 aliphatic heterocycles. The number of hydrogen-bond donors (Lipinski definition) is 1. The second-order valence-corrected chi connectivity index (χ2v) is 5.09. The van der Waals surface area contributed by atoms with Crippen LogP contribution in [0.25, 0.3) is 11.4 Å². The highest BCUT2D eigenvalue weighted by atomic mass is 16.4. The smallest absolute Gasteiger partial charge is 0.108 e. The van der Waals surface area contributed by atoms with Gasteiger partial charge >= 0.3 is 0 Å². The Kier molecular flexibility index (Phi) is 3.72. The normalized spacial score (nSPS) is 16.5. The first-order chi connectivity index (χ1) is 9.88. The summed E-state index contributed by atoms with van der Waals surface area (Å²) in [5, 5.41) is 12.8. The minimum Gasteiger partial charge on any atom is -0.411 e. The van der Waals surface area contributed by atoms with Gasteiger partial charge in [-0.3, -0.25) is 4.98 Å². The van der Waals surface area contributed by atoms with Gasteiger partial charge in [0.25, 0.3) is 0 Å². The summed E-state index contributed by atoms with van der Waals surface area (Å²) in [6.07, 6.45) is 6.30. The van der Waals surface area contributed by atoms with Crippen LogP contribution in [0.1, 0.15) is 31.4 Å². The summed E-state index contributed by atoms with van der Waals surface area (Å²) in [6.45, 7) is 0. The van der Waals surface area contributed by atoms with Crippen LogP contribution in [0.3, 0.4) is 0 Å². The predicted molar refractivity (Wildman–Crippen MR) is 77.7 cm³/mol. The fourth-order valence-corrected chi connectivity index (χ4v) is 2.78. The summed E-state index contributed by atoms with van der Waals surface area (Å²) in [5.74, 6) is 0.325. The molecule has 1 N–H and O–H groups in total. The zero-order valence-electron chi connectivity index (χ0n) is 11.2. The van der Waals surface area contributed by atoms with E-state index in [0.717, 1.165) is 29.9 Å². The number of pyridine rings is 2. The van der Waals surface area contributed by atoms with Gasteiger partial charge in [0.05, 0.1) is 17.1 Å². The van der Waals surface area contributed by atoms with Crippen LogP contribution in [-0.4, -0.2) is 20.9 Å². The average Bonchev–Trinajstić information content (AvgIpc) is 3.03. The summed E-state index contributed by atoms with van der Waals surface area (Å²) in [6, 6.07) is 11.5. The predicted octanol–water partition coefficient (Wildman–Crippen LogP) is 3.51. The van der Waals surface area contributed by atoms with Crippen molar-refractivity contribution in [2.45, 2.75) is 25.7 Å². The number of oxime groups is 1. The molecule has 4 heteroatoms. The van der Waals surface area contributed by atoms with Crippen molar-refractivity contribution in [3.8, 4) is 11.4 Å². The van der Waals surface area contributed by atoms with Gasteiger partial charge in [0.2, 0.25) is 0 Å². The van der Waals surface area contributed by atoms with Crippen LogP contribution in [0.5, 0.6) is 0 Å². The van der Waals surface area contributed by atoms with Gasteiger partial charge < -0.3 is 5.21 Å². The molecule has 1 aliphatic carbocycles. The molecule has 3 rings (SSSR count). The molecule has 0 saturated heterocycles. The first-order valence-corrected chi connectivity index (χ1v) is 6.99. The molecule has 0 amide bonds. The van der Waals surface area contributed by atoms with E-state index in [1.54, 1.807) is 6.20 Å². The molecule has 2 aromatic rings. The van der Waals surface area contributed by atoms with Crippen molar-refractivity contribution in [1.82, 2.24) is 9.97 Å². The van der Waals surface area contributed by atoms with Gasteiger partial charge in [-0.1, -0.05) is 30.1 Å². The van der Waals surface area contributed by atoms with E-state index in [4.69, 9.17) is 0 Å². The molecule has 0 spiro atoms. The molecule has 1 saturated carbocycles. The Labute approximate surface area is 118 Å². The fourth-order valence-electron chi connectivity index (χ4n) is 2.78. The standard InChI is InChI=1S/C16H17N3O/c20-19-16(12-6-1-2-7-12)15-10-5-9-14(18-15)13-8-3-4-11-17-13/h3-5,8-12,20H,1-2,6-7H2/b19-16+. The van der Waals surface area contributed by atoms with Gasteiger partial charge in [-0.2, -0.15) is 0 Å². The summed E-state index contributed by atoms with van der Waals surface area (Å²) in [5.41, 5.74) is 3.10. The molecular weight excluding hydrogens is 250 g/mol. The van der Waals surface area contributed by atoms with Crippen LogP contribution in [0, 0.1) is 5.92 Å². The lowest BCUT2D eigenvalue weighted by Crippen LogP contribution is -2.14. The molecule has 0 radical (unpaired) electrons. The summed E-state index contributed by atoms with van der Waals surface area (Å²) in [4.78, 5) is 8.91. The molecule has 4 nitrogen and oxygen atoms in total. The molecule has 0 aromatic carbocycles. The first kappa shape index (κ1) is 12.8. The maximum Gasteiger partial charge on any atom is 0.108 e. The SMILES string of the molecule is O/N=C(/c1cccc(-c2ccccn2)n1)C1CCCC1. The third-order valence-corrected chi connectivity index (χ3v) is 3.79. The second kappa shape index (κ2) is 5.82. The van der Waals surface area contributed by atoms with Crippen molar-refractivity contribution in [2.24, 2.45) is 11.1 Å². The Balaban J connectivity index is 1.94. The van der Waals surface area contributed by atoms with Gasteiger partial charge in [0, 0.05) is 12.1 Å². The second-order valence-electron chi connectivity index (χ2n) is 5.09. The van der Waals surface area contributed by atoms with Crippen LogP contribution in [0.4, 0.5) is 0 Å². The maximum atomic E-state index is 9.33. The summed E-state index contributed by atoms with van der Waals surface area (Å²) < 4.78 is 0. The highest BCUT2D eigenvalue weighted by molar-refractivity contribution is 6.00. The van der Waals surface area contributed by atoms with E-state index in [-0.39, 0.29) is 0 Å². The van der Waals surface area contributed by atoms with Crippen molar-refractivity contribution in [3.05, 3.63) is 48.3 Å². The van der Waals surface area contributed by atoms with E-state index in [1.807, 2.05) is 36.4 Å². The van der Waals surface area contributed by atoms with Crippen LogP contribution >= 0.6 is 0 Å². The quantitative estimate of drug-likeness (QED) is 0.526. The summed E-state index contributed by atoms with van der Waals surface area (Å²) >= 11 is 0. The van der Waals surface area contributed by atoms with Gasteiger partial charge in [-0.05, 0) is 37.1 Å². The third kappa shape index (κ3) is 2.54. The Morgan fingerprint density at radius 3 is 2.55 bits per heavy atom. The molecule has 0 atom stereocenters. The number of aromatic nitrogens is 2. The molecule has 0 bridgehead atoms. The molecule has 102 valence electrons. The van der Waals surface area contributed by atoms with Crippen molar-refractivity contribution in [3.63, 3.8) is 0 Å². The van der Waals surface area contributed by atoms with E-state index in [9.17, 15) is 5.21 Å². The highest BCUT2D eigenvalue weighted by Crippen LogP contribution is 2.28. The topological polar surface area (TPSA) is 58.4 Å². The van der Waals surface area contributed by atoms with Crippen LogP contribution in [-0.2, 0) is 0 Å². The van der Waals surface area contributed by atoms with E-state index < -0.39 is 0 Å². The summed E-state index contributed by atoms with van der Waals surface area (Å²) in [7, 11) is 0. The largest absolute Gasteiger partial charge is 0.411 e. The van der Waals surface area contributed by atoms with E-state index in [0.29, 0.717) is 11.6 Å². The lowest BCUT2D eigenvalue weighted by Gasteiger charge is -2.11. The maximum absolute atomic E-state index is 9.33. The van der Waals surface area contributed by atoms with Crippen molar-refractivity contribution >= 4 is 5.71 Å². The minimum absolute atomic E-state index is 0.325. The van der Waals surface area contributed by atoms with Gasteiger partial charge in [0.15, 0.2) is 0 Å². The molecule has 1 aliphatic rings. The van der Waals surface area contributed by atoms with Crippen molar-refractivity contribution in [1.29, 1.82) is 0 Å². The van der Waals surface area contributed by atoms with E-state index in [2.05, 4.69) is 15.1 Å². The number of nitrogens with zero attached hydrogens (tertiary/aromatic N) is 3. The van der Waals surface area contributed by atoms with Gasteiger partial charge in [0.1, 0.15) is 5.71 Å². The minimum atomic E-state index is 0.325. The molecule has 0 unspecified atom stereocenters. The third-order valence-electron chi connectivity index (χ3n) is 3.79. The Morgan fingerprint density at radius 1 is 1.05 bits per heavy atom. The Bertz CT molecular complexity index is 604. The number of rotatable bonds is 3. The average molecular weight is 267 g/mol. The molecule has 20 heavy (non-hydrogen) atoms. The lowest BCUT2D eigenvalue weighted by molar-refractivity contribution is 0.315. The highest BCUT2D eigenvalue weighted by Gasteiger charge is 2.23. The fraction of sp³-hybridized carbons (Fsp3) is 0.312. The van der Waals surface area contributed by atoms with E-state index in [1.165, 1.54) is 12.8 Å². The Morgan fingerprint density at radius 2 is 1.85 bits per heavy atom. The van der Waals surface area contributed by atoms with Crippen molar-refractivity contribution in [2.75, 3.05) is 0 Å².